The van der Waals surface area contributed by atoms with Gasteiger partial charge in [-0.2, -0.15) is 0 Å². The van der Waals surface area contributed by atoms with Crippen LogP contribution in [-0.4, -0.2) is 24.4 Å². The molecule has 5 atom stereocenters. The van der Waals surface area contributed by atoms with Crippen LogP contribution in [0.1, 0.15) is 20.8 Å². The summed E-state index contributed by atoms with van der Waals surface area (Å²) in [5.41, 5.74) is 1.29. The van der Waals surface area contributed by atoms with E-state index in [0.29, 0.717) is 24.4 Å². The van der Waals surface area contributed by atoms with Crippen molar-refractivity contribution in [3.63, 3.8) is 0 Å². The molecule has 90 valence electrons. The van der Waals surface area contributed by atoms with Crippen LogP contribution in [0.25, 0.3) is 0 Å². The number of fused-ring (bicyclic) bond motifs is 2. The zero-order valence-corrected chi connectivity index (χ0v) is 10.4. The molecule has 2 bridgehead atoms. The van der Waals surface area contributed by atoms with Crippen LogP contribution in [0.15, 0.2) is 24.3 Å². The summed E-state index contributed by atoms with van der Waals surface area (Å²) in [4.78, 5) is 0. The number of allylic oxidation sites excluding steroid dienone is 1. The van der Waals surface area contributed by atoms with Gasteiger partial charge in [0, 0.05) is 11.3 Å². The second kappa shape index (κ2) is 4.01. The summed E-state index contributed by atoms with van der Waals surface area (Å²) in [6, 6.07) is 0. The van der Waals surface area contributed by atoms with E-state index in [4.69, 9.17) is 4.74 Å². The van der Waals surface area contributed by atoms with E-state index in [1.54, 1.807) is 0 Å². The zero-order chi connectivity index (χ0) is 11.9. The first-order valence-electron chi connectivity index (χ1n) is 6.10. The van der Waals surface area contributed by atoms with E-state index in [0.717, 1.165) is 0 Å². The molecule has 1 N–H and O–H groups in total. The molecule has 1 aliphatic carbocycles. The first-order valence-corrected chi connectivity index (χ1v) is 6.10. The van der Waals surface area contributed by atoms with Crippen molar-refractivity contribution in [2.45, 2.75) is 26.9 Å². The van der Waals surface area contributed by atoms with Crippen molar-refractivity contribution in [3.05, 3.63) is 24.3 Å². The van der Waals surface area contributed by atoms with Crippen LogP contribution in [0.3, 0.4) is 0 Å². The number of aliphatic hydroxyl groups excluding tert-OH is 1. The van der Waals surface area contributed by atoms with Crippen molar-refractivity contribution in [1.29, 1.82) is 0 Å². The van der Waals surface area contributed by atoms with Gasteiger partial charge in [-0.15, -0.1) is 6.58 Å². The molecule has 0 unspecified atom stereocenters. The van der Waals surface area contributed by atoms with Crippen LogP contribution >= 0.6 is 0 Å². The van der Waals surface area contributed by atoms with Gasteiger partial charge in [-0.3, -0.25) is 0 Å². The Kier molecular flexibility index (Phi) is 2.97. The Bertz CT molecular complexity index is 321. The van der Waals surface area contributed by atoms with Gasteiger partial charge in [-0.05, 0) is 18.8 Å². The van der Waals surface area contributed by atoms with E-state index in [9.17, 15) is 5.11 Å². The predicted octanol–water partition coefficient (Wildman–Crippen LogP) is 2.40. The molecule has 1 fully saturated rings. The van der Waals surface area contributed by atoms with E-state index < -0.39 is 0 Å². The van der Waals surface area contributed by atoms with Gasteiger partial charge in [0.1, 0.15) is 0 Å². The van der Waals surface area contributed by atoms with Gasteiger partial charge < -0.3 is 9.84 Å². The quantitative estimate of drug-likeness (QED) is 0.727. The Labute approximate surface area is 98.0 Å². The van der Waals surface area contributed by atoms with Crippen molar-refractivity contribution in [3.8, 4) is 0 Å². The van der Waals surface area contributed by atoms with Crippen LogP contribution in [-0.2, 0) is 4.74 Å². The molecule has 1 heterocycles. The lowest BCUT2D eigenvalue weighted by atomic mass is 9.56. The minimum absolute atomic E-state index is 0.0936. The molecule has 0 amide bonds. The molecule has 2 heteroatoms. The number of hydrogen-bond donors (Lipinski definition) is 1. The molecule has 2 nitrogen and oxygen atoms in total. The molecule has 1 aliphatic heterocycles. The Morgan fingerprint density at radius 2 is 2.31 bits per heavy atom. The Morgan fingerprint density at radius 3 is 2.88 bits per heavy atom. The van der Waals surface area contributed by atoms with Crippen LogP contribution < -0.4 is 0 Å². The third kappa shape index (κ3) is 1.40. The Balaban J connectivity index is 2.44. The summed E-state index contributed by atoms with van der Waals surface area (Å²) in [7, 11) is 0. The van der Waals surface area contributed by atoms with Gasteiger partial charge in [0.15, 0.2) is 0 Å². The average Bonchev–Trinajstić information content (AvgIpc) is 2.26. The molecule has 0 aromatic rings. The fraction of sp³-hybridized carbons (Fsp3) is 0.714. The van der Waals surface area contributed by atoms with Gasteiger partial charge in [-0.25, -0.2) is 0 Å². The molecule has 0 aromatic carbocycles. The first kappa shape index (κ1) is 11.9. The van der Waals surface area contributed by atoms with E-state index in [2.05, 4.69) is 33.4 Å². The highest BCUT2D eigenvalue weighted by Gasteiger charge is 2.52. The van der Waals surface area contributed by atoms with Gasteiger partial charge in [0.2, 0.25) is 0 Å². The van der Waals surface area contributed by atoms with Gasteiger partial charge in [0.25, 0.3) is 0 Å². The summed E-state index contributed by atoms with van der Waals surface area (Å²) < 4.78 is 5.88. The third-order valence-electron chi connectivity index (χ3n) is 4.82. The lowest BCUT2D eigenvalue weighted by Gasteiger charge is -2.54. The van der Waals surface area contributed by atoms with Gasteiger partial charge in [0.05, 0.1) is 19.3 Å². The largest absolute Gasteiger partial charge is 0.396 e. The Morgan fingerprint density at radius 1 is 1.62 bits per heavy atom. The van der Waals surface area contributed by atoms with Crippen molar-refractivity contribution < 1.29 is 9.84 Å². The fourth-order valence-corrected chi connectivity index (χ4v) is 3.55. The minimum atomic E-state index is -0.0936. The molecule has 0 spiro atoms. The van der Waals surface area contributed by atoms with Crippen LogP contribution in [0, 0.1) is 23.2 Å². The maximum Gasteiger partial charge on any atom is 0.0821 e. The molecule has 16 heavy (non-hydrogen) atoms. The van der Waals surface area contributed by atoms with Crippen LogP contribution in [0.2, 0.25) is 0 Å². The zero-order valence-electron chi connectivity index (χ0n) is 10.4. The highest BCUT2D eigenvalue weighted by atomic mass is 16.5. The highest BCUT2D eigenvalue weighted by molar-refractivity contribution is 5.22. The lowest BCUT2D eigenvalue weighted by Crippen LogP contribution is -2.55. The highest BCUT2D eigenvalue weighted by Crippen LogP contribution is 2.52. The van der Waals surface area contributed by atoms with Crippen molar-refractivity contribution in [2.24, 2.45) is 23.2 Å². The monoisotopic (exact) mass is 222 g/mol. The smallest absolute Gasteiger partial charge is 0.0821 e. The first-order chi connectivity index (χ1) is 7.56. The van der Waals surface area contributed by atoms with E-state index >= 15 is 0 Å². The molecule has 2 aliphatic rings. The maximum atomic E-state index is 9.74. The molecular formula is C14H22O2. The molecular weight excluding hydrogens is 200 g/mol. The van der Waals surface area contributed by atoms with Gasteiger partial charge in [-0.1, -0.05) is 31.6 Å². The molecule has 2 rings (SSSR count). The SMILES string of the molecule is C=C[C@H]1OC[C@]2(CO)[C@H](C)C=C(C)[C@H]1[C@@H]2C. The normalized spacial score (nSPS) is 47.4. The van der Waals surface area contributed by atoms with Crippen LogP contribution in [0.4, 0.5) is 0 Å². The topological polar surface area (TPSA) is 29.5 Å². The van der Waals surface area contributed by atoms with Crippen molar-refractivity contribution >= 4 is 0 Å². The molecule has 1 saturated heterocycles. The second-order valence-electron chi connectivity index (χ2n) is 5.42. The van der Waals surface area contributed by atoms with E-state index in [1.165, 1.54) is 5.57 Å². The average molecular weight is 222 g/mol. The number of ether oxygens (including phenoxy) is 1. The third-order valence-corrected chi connectivity index (χ3v) is 4.82. The summed E-state index contributed by atoms with van der Waals surface area (Å²) in [6.07, 6.45) is 4.31. The summed E-state index contributed by atoms with van der Waals surface area (Å²) in [5, 5.41) is 9.74. The summed E-state index contributed by atoms with van der Waals surface area (Å²) in [5.74, 6) is 1.22. The summed E-state index contributed by atoms with van der Waals surface area (Å²) >= 11 is 0. The molecule has 0 saturated carbocycles. The minimum Gasteiger partial charge on any atom is -0.396 e. The number of hydrogen-bond acceptors (Lipinski definition) is 2. The fourth-order valence-electron chi connectivity index (χ4n) is 3.55. The van der Waals surface area contributed by atoms with E-state index in [-0.39, 0.29) is 18.1 Å². The lowest BCUT2D eigenvalue weighted by molar-refractivity contribution is -0.148. The van der Waals surface area contributed by atoms with Crippen molar-refractivity contribution in [2.75, 3.05) is 13.2 Å². The molecule has 0 aromatic heterocycles. The predicted molar refractivity (Wildman–Crippen MR) is 65.0 cm³/mol. The number of aliphatic hydroxyl groups is 1. The van der Waals surface area contributed by atoms with Crippen molar-refractivity contribution in [1.82, 2.24) is 0 Å². The Hall–Kier alpha value is -0.600. The number of rotatable bonds is 2. The maximum absolute atomic E-state index is 9.74. The van der Waals surface area contributed by atoms with Crippen LogP contribution in [0.5, 0.6) is 0 Å². The van der Waals surface area contributed by atoms with E-state index in [1.807, 2.05) is 6.08 Å². The standard InChI is InChI=1S/C14H22O2/c1-5-12-13-9(2)6-10(3)14(7-15,8-16-12)11(13)4/h5-6,10-13,15H,1,7-8H2,2-4H3/t10-,11+,12-,13+,14-/m1/s1. The van der Waals surface area contributed by atoms with Gasteiger partial charge >= 0.3 is 0 Å². The summed E-state index contributed by atoms with van der Waals surface area (Å²) in [6.45, 7) is 11.3. The molecule has 0 radical (unpaired) electrons. The second-order valence-corrected chi connectivity index (χ2v) is 5.42.